The molecule has 0 bridgehead atoms. The number of halogens is 4. The lowest BCUT2D eigenvalue weighted by molar-refractivity contribution is -0.114. The lowest BCUT2D eigenvalue weighted by Crippen LogP contribution is -2.32. The molecule has 0 atom stereocenters. The molecule has 1 heterocycles. The van der Waals surface area contributed by atoms with E-state index in [1.165, 1.54) is 18.2 Å². The third kappa shape index (κ3) is 2.87. The number of fused-ring (bicyclic) bond motifs is 1. The molecule has 1 aromatic carbocycles. The second-order valence-electron chi connectivity index (χ2n) is 3.71. The molecular formula is C11H7ClF3NO2S. The minimum atomic E-state index is -4.36. The van der Waals surface area contributed by atoms with E-state index in [-0.39, 0.29) is 40.3 Å². The van der Waals surface area contributed by atoms with E-state index >= 15 is 0 Å². The van der Waals surface area contributed by atoms with Gasteiger partial charge in [0.1, 0.15) is 0 Å². The van der Waals surface area contributed by atoms with Gasteiger partial charge in [-0.2, -0.15) is 13.2 Å². The van der Waals surface area contributed by atoms with E-state index in [2.05, 4.69) is 0 Å². The first-order valence-corrected chi connectivity index (χ1v) is 6.53. The molecule has 8 heteroatoms. The highest BCUT2D eigenvalue weighted by Crippen LogP contribution is 2.35. The lowest BCUT2D eigenvalue weighted by Gasteiger charge is -2.16. The molecule has 2 rings (SSSR count). The van der Waals surface area contributed by atoms with Gasteiger partial charge in [-0.15, -0.1) is 0 Å². The number of benzene rings is 1. The number of alkyl halides is 3. The second kappa shape index (κ2) is 5.05. The highest BCUT2D eigenvalue weighted by atomic mass is 35.5. The molecule has 0 radical (unpaired) electrons. The summed E-state index contributed by atoms with van der Waals surface area (Å²) in [6.07, 6.45) is 0. The molecule has 1 aliphatic rings. The van der Waals surface area contributed by atoms with Crippen molar-refractivity contribution >= 4 is 40.7 Å². The second-order valence-corrected chi connectivity index (χ2v) is 5.28. The number of Topliss-reactive ketones (excluding diaryl/α,β-unsaturated/α-hetero) is 1. The number of ketones is 1. The summed E-state index contributed by atoms with van der Waals surface area (Å²) in [5.41, 5.74) is -4.03. The number of hydrogen-bond acceptors (Lipinski definition) is 3. The maximum atomic E-state index is 12.0. The Morgan fingerprint density at radius 1 is 1.26 bits per heavy atom. The Kier molecular flexibility index (Phi) is 3.78. The van der Waals surface area contributed by atoms with Crippen LogP contribution in [0.1, 0.15) is 10.4 Å². The van der Waals surface area contributed by atoms with Crippen molar-refractivity contribution < 1.29 is 22.8 Å². The van der Waals surface area contributed by atoms with Gasteiger partial charge in [0.05, 0.1) is 16.3 Å². The van der Waals surface area contributed by atoms with Gasteiger partial charge in [-0.1, -0.05) is 17.7 Å². The van der Waals surface area contributed by atoms with Crippen LogP contribution < -0.4 is 4.90 Å². The third-order valence-corrected chi connectivity index (χ3v) is 3.56. The number of anilines is 1. The largest absolute Gasteiger partial charge is 0.441 e. The minimum absolute atomic E-state index is 0.0613. The van der Waals surface area contributed by atoms with Gasteiger partial charge >= 0.3 is 5.51 Å². The average Bonchev–Trinajstić information content (AvgIpc) is 2.54. The van der Waals surface area contributed by atoms with Crippen LogP contribution in [0.25, 0.3) is 0 Å². The molecule has 0 N–H and O–H groups in total. The smallest absolute Gasteiger partial charge is 0.304 e. The van der Waals surface area contributed by atoms with E-state index in [1.54, 1.807) is 0 Å². The Morgan fingerprint density at radius 2 is 1.95 bits per heavy atom. The van der Waals surface area contributed by atoms with Crippen molar-refractivity contribution in [1.82, 2.24) is 0 Å². The van der Waals surface area contributed by atoms with E-state index < -0.39 is 17.2 Å². The van der Waals surface area contributed by atoms with Crippen molar-refractivity contribution in [2.45, 2.75) is 5.51 Å². The molecule has 0 fully saturated rings. The van der Waals surface area contributed by atoms with Crippen LogP contribution in [-0.2, 0) is 4.79 Å². The molecule has 1 amide bonds. The van der Waals surface area contributed by atoms with Crippen LogP contribution >= 0.6 is 23.4 Å². The van der Waals surface area contributed by atoms with Crippen LogP contribution in [0.15, 0.2) is 18.2 Å². The molecule has 1 aromatic rings. The summed E-state index contributed by atoms with van der Waals surface area (Å²) in [6.45, 7) is -0.192. The Bertz CT molecular complexity index is 547. The summed E-state index contributed by atoms with van der Waals surface area (Å²) >= 11 is 5.58. The van der Waals surface area contributed by atoms with Crippen LogP contribution in [0, 0.1) is 0 Å². The molecule has 0 aromatic heterocycles. The van der Waals surface area contributed by atoms with E-state index in [0.29, 0.717) is 0 Å². The predicted molar refractivity (Wildman–Crippen MR) is 66.6 cm³/mol. The molecule has 0 spiro atoms. The summed E-state index contributed by atoms with van der Waals surface area (Å²) in [5.74, 6) is -1.96. The van der Waals surface area contributed by atoms with Crippen molar-refractivity contribution in [1.29, 1.82) is 0 Å². The normalized spacial score (nSPS) is 15.1. The van der Waals surface area contributed by atoms with Crippen LogP contribution in [0.3, 0.4) is 0 Å². The topological polar surface area (TPSA) is 37.4 Å². The van der Waals surface area contributed by atoms with Crippen molar-refractivity contribution in [3.05, 3.63) is 28.8 Å². The summed E-state index contributed by atoms with van der Waals surface area (Å²) in [7, 11) is 0. The molecule has 0 saturated carbocycles. The lowest BCUT2D eigenvalue weighted by atomic mass is 10.1. The zero-order chi connectivity index (χ0) is 14.2. The fourth-order valence-electron chi connectivity index (χ4n) is 1.78. The summed E-state index contributed by atoms with van der Waals surface area (Å²) in [4.78, 5) is 24.4. The van der Waals surface area contributed by atoms with E-state index in [9.17, 15) is 22.8 Å². The summed E-state index contributed by atoms with van der Waals surface area (Å²) in [6, 6.07) is 4.48. The average molecular weight is 310 g/mol. The van der Waals surface area contributed by atoms with Crippen molar-refractivity contribution in [2.75, 3.05) is 17.2 Å². The molecule has 19 heavy (non-hydrogen) atoms. The fraction of sp³-hybridized carbons (Fsp3) is 0.273. The number of carbonyl (C=O) groups is 2. The first kappa shape index (κ1) is 14.2. The van der Waals surface area contributed by atoms with Crippen LogP contribution in [0.2, 0.25) is 5.02 Å². The number of hydrogen-bond donors (Lipinski definition) is 0. The Hall–Kier alpha value is -1.21. The molecule has 0 saturated heterocycles. The molecule has 1 aliphatic heterocycles. The van der Waals surface area contributed by atoms with Gasteiger partial charge in [-0.3, -0.25) is 9.59 Å². The maximum Gasteiger partial charge on any atom is 0.441 e. The van der Waals surface area contributed by atoms with Gasteiger partial charge in [0, 0.05) is 12.3 Å². The van der Waals surface area contributed by atoms with Crippen molar-refractivity contribution in [3.8, 4) is 0 Å². The Balaban J connectivity index is 2.18. The zero-order valence-corrected chi connectivity index (χ0v) is 10.9. The third-order valence-electron chi connectivity index (χ3n) is 2.53. The Morgan fingerprint density at radius 3 is 2.58 bits per heavy atom. The monoisotopic (exact) mass is 309 g/mol. The highest BCUT2D eigenvalue weighted by Gasteiger charge is 2.38. The van der Waals surface area contributed by atoms with Gasteiger partial charge in [-0.25, -0.2) is 0 Å². The zero-order valence-electron chi connectivity index (χ0n) is 9.33. The number of carbonyl (C=O) groups excluding carboxylic acids is 2. The Labute approximate surface area is 115 Å². The molecule has 102 valence electrons. The van der Waals surface area contributed by atoms with Crippen molar-refractivity contribution in [2.24, 2.45) is 0 Å². The van der Waals surface area contributed by atoms with Crippen LogP contribution in [0.4, 0.5) is 18.9 Å². The van der Waals surface area contributed by atoms with Crippen molar-refractivity contribution in [3.63, 3.8) is 0 Å². The summed E-state index contributed by atoms with van der Waals surface area (Å²) in [5, 5.41) is 0.127. The van der Waals surface area contributed by atoms with E-state index in [4.69, 9.17) is 11.6 Å². The first-order valence-electron chi connectivity index (χ1n) is 5.16. The standard InChI is InChI=1S/C11H7ClF3NO2S/c12-6-2-1-3-7-8(6)9(17)10(18)16(7)4-5-19-11(13,14)15/h1-3H,4-5H2. The number of amides is 1. The maximum absolute atomic E-state index is 12.0. The van der Waals surface area contributed by atoms with Gasteiger partial charge in [-0.05, 0) is 23.9 Å². The molecule has 0 aliphatic carbocycles. The van der Waals surface area contributed by atoms with Gasteiger partial charge < -0.3 is 4.90 Å². The van der Waals surface area contributed by atoms with E-state index in [1.807, 2.05) is 0 Å². The molecular weight excluding hydrogens is 303 g/mol. The summed E-state index contributed by atoms with van der Waals surface area (Å²) < 4.78 is 36.1. The fourth-order valence-corrected chi connectivity index (χ4v) is 2.54. The number of rotatable bonds is 3. The SMILES string of the molecule is O=C1C(=O)N(CCSC(F)(F)F)c2cccc(Cl)c21. The first-order chi connectivity index (χ1) is 8.81. The predicted octanol–water partition coefficient (Wildman–Crippen LogP) is 3.12. The number of nitrogens with zero attached hydrogens (tertiary/aromatic N) is 1. The van der Waals surface area contributed by atoms with Crippen LogP contribution in [0.5, 0.6) is 0 Å². The quantitative estimate of drug-likeness (QED) is 0.805. The van der Waals surface area contributed by atoms with E-state index in [0.717, 1.165) is 4.90 Å². The molecule has 3 nitrogen and oxygen atoms in total. The van der Waals surface area contributed by atoms with Gasteiger partial charge in [0.2, 0.25) is 0 Å². The van der Waals surface area contributed by atoms with Gasteiger partial charge in [0.25, 0.3) is 11.7 Å². The van der Waals surface area contributed by atoms with Gasteiger partial charge in [0.15, 0.2) is 0 Å². The minimum Gasteiger partial charge on any atom is -0.304 e. The number of thioether (sulfide) groups is 1. The highest BCUT2D eigenvalue weighted by molar-refractivity contribution is 8.00. The van der Waals surface area contributed by atoms with Crippen LogP contribution in [-0.4, -0.2) is 29.5 Å². The molecule has 0 unspecified atom stereocenters.